The minimum Gasteiger partial charge on any atom is -0.383 e. The van der Waals surface area contributed by atoms with Crippen LogP contribution in [0.2, 0.25) is 0 Å². The minimum absolute atomic E-state index is 0.00221. The summed E-state index contributed by atoms with van der Waals surface area (Å²) in [4.78, 5) is 17.7. The average molecular weight is 338 g/mol. The predicted molar refractivity (Wildman–Crippen MR) is 98.4 cm³/mol. The van der Waals surface area contributed by atoms with Gasteiger partial charge in [-0.3, -0.25) is 9.36 Å². The summed E-state index contributed by atoms with van der Waals surface area (Å²) in [6, 6.07) is 17.9. The lowest BCUT2D eigenvalue weighted by Gasteiger charge is -2.17. The lowest BCUT2D eigenvalue weighted by Crippen LogP contribution is -2.83. The van der Waals surface area contributed by atoms with Crippen LogP contribution < -0.4 is 10.9 Å². The fraction of sp³-hybridized carbons (Fsp3) is 0.300. The second kappa shape index (κ2) is 8.05. The zero-order valence-corrected chi connectivity index (χ0v) is 14.7. The summed E-state index contributed by atoms with van der Waals surface area (Å²) in [6.45, 7) is 3.92. The summed E-state index contributed by atoms with van der Waals surface area (Å²) in [7, 11) is 1.64. The van der Waals surface area contributed by atoms with E-state index in [1.165, 1.54) is 5.56 Å². The van der Waals surface area contributed by atoms with Crippen molar-refractivity contribution in [1.82, 2.24) is 9.55 Å². The SMILES string of the molecule is COCCn1c([C@@H](C)[NH2+]Cc2ccccc2)nc2ccccc2c1=O. The van der Waals surface area contributed by atoms with Crippen LogP contribution in [0.15, 0.2) is 59.4 Å². The molecule has 3 rings (SSSR count). The van der Waals surface area contributed by atoms with E-state index in [1.54, 1.807) is 11.7 Å². The third-order valence-corrected chi connectivity index (χ3v) is 4.37. The van der Waals surface area contributed by atoms with E-state index < -0.39 is 0 Å². The number of nitrogens with two attached hydrogens (primary N) is 1. The maximum atomic E-state index is 12.9. The molecule has 1 atom stereocenters. The highest BCUT2D eigenvalue weighted by Gasteiger charge is 2.18. The van der Waals surface area contributed by atoms with E-state index in [-0.39, 0.29) is 11.6 Å². The van der Waals surface area contributed by atoms with E-state index in [0.717, 1.165) is 17.9 Å². The van der Waals surface area contributed by atoms with Gasteiger partial charge in [0, 0.05) is 12.7 Å². The fourth-order valence-corrected chi connectivity index (χ4v) is 2.96. The van der Waals surface area contributed by atoms with Crippen molar-refractivity contribution in [1.29, 1.82) is 0 Å². The van der Waals surface area contributed by atoms with Crippen LogP contribution >= 0.6 is 0 Å². The van der Waals surface area contributed by atoms with Gasteiger partial charge in [-0.2, -0.15) is 0 Å². The van der Waals surface area contributed by atoms with Crippen molar-refractivity contribution in [3.05, 3.63) is 76.3 Å². The molecule has 0 fully saturated rings. The fourth-order valence-electron chi connectivity index (χ4n) is 2.96. The first-order valence-corrected chi connectivity index (χ1v) is 8.56. The van der Waals surface area contributed by atoms with Crippen LogP contribution in [-0.2, 0) is 17.8 Å². The van der Waals surface area contributed by atoms with Crippen LogP contribution in [0, 0.1) is 0 Å². The van der Waals surface area contributed by atoms with Crippen LogP contribution in [0.1, 0.15) is 24.4 Å². The molecule has 0 unspecified atom stereocenters. The van der Waals surface area contributed by atoms with Gasteiger partial charge in [-0.05, 0) is 19.1 Å². The molecule has 2 N–H and O–H groups in total. The van der Waals surface area contributed by atoms with E-state index in [9.17, 15) is 4.79 Å². The number of rotatable bonds is 7. The molecule has 0 aliphatic heterocycles. The highest BCUT2D eigenvalue weighted by atomic mass is 16.5. The molecule has 1 aromatic heterocycles. The Labute approximate surface area is 147 Å². The summed E-state index contributed by atoms with van der Waals surface area (Å²) in [6.07, 6.45) is 0. The van der Waals surface area contributed by atoms with Gasteiger partial charge >= 0.3 is 0 Å². The summed E-state index contributed by atoms with van der Waals surface area (Å²) < 4.78 is 6.93. The Balaban J connectivity index is 1.93. The Morgan fingerprint density at radius 1 is 1.12 bits per heavy atom. The number of quaternary nitrogens is 1. The first-order chi connectivity index (χ1) is 12.2. The number of methoxy groups -OCH3 is 1. The largest absolute Gasteiger partial charge is 0.383 e. The molecular formula is C20H24N3O2+. The Morgan fingerprint density at radius 2 is 1.84 bits per heavy atom. The molecule has 130 valence electrons. The Morgan fingerprint density at radius 3 is 2.60 bits per heavy atom. The topological polar surface area (TPSA) is 60.7 Å². The molecule has 5 heteroatoms. The van der Waals surface area contributed by atoms with Crippen molar-refractivity contribution < 1.29 is 10.1 Å². The van der Waals surface area contributed by atoms with Gasteiger partial charge in [0.25, 0.3) is 5.56 Å². The van der Waals surface area contributed by atoms with Gasteiger partial charge in [0.1, 0.15) is 12.6 Å². The molecular weight excluding hydrogens is 314 g/mol. The quantitative estimate of drug-likeness (QED) is 0.715. The molecule has 0 aliphatic carbocycles. The van der Waals surface area contributed by atoms with Crippen LogP contribution in [0.5, 0.6) is 0 Å². The highest BCUT2D eigenvalue weighted by molar-refractivity contribution is 5.77. The number of nitrogens with zero attached hydrogens (tertiary/aromatic N) is 2. The lowest BCUT2D eigenvalue weighted by molar-refractivity contribution is -0.709. The van der Waals surface area contributed by atoms with Gasteiger partial charge in [-0.25, -0.2) is 4.98 Å². The van der Waals surface area contributed by atoms with Crippen molar-refractivity contribution in [2.45, 2.75) is 26.1 Å². The van der Waals surface area contributed by atoms with Crippen molar-refractivity contribution >= 4 is 10.9 Å². The molecule has 5 nitrogen and oxygen atoms in total. The molecule has 2 aromatic carbocycles. The molecule has 0 spiro atoms. The molecule has 0 saturated heterocycles. The van der Waals surface area contributed by atoms with Crippen LogP contribution in [0.3, 0.4) is 0 Å². The predicted octanol–water partition coefficient (Wildman–Crippen LogP) is 1.87. The lowest BCUT2D eigenvalue weighted by atomic mass is 10.2. The zero-order chi connectivity index (χ0) is 17.6. The van der Waals surface area contributed by atoms with Crippen LogP contribution in [0.25, 0.3) is 10.9 Å². The van der Waals surface area contributed by atoms with E-state index in [0.29, 0.717) is 18.5 Å². The molecule has 0 amide bonds. The molecule has 0 saturated carbocycles. The number of fused-ring (bicyclic) bond motifs is 1. The third kappa shape index (κ3) is 3.95. The first-order valence-electron chi connectivity index (χ1n) is 8.56. The Kier molecular flexibility index (Phi) is 5.58. The number of hydrogen-bond acceptors (Lipinski definition) is 3. The summed E-state index contributed by atoms with van der Waals surface area (Å²) in [5.41, 5.74) is 2.00. The van der Waals surface area contributed by atoms with Crippen molar-refractivity contribution in [2.24, 2.45) is 0 Å². The van der Waals surface area contributed by atoms with Gasteiger partial charge in [0.15, 0.2) is 5.82 Å². The summed E-state index contributed by atoms with van der Waals surface area (Å²) in [5.74, 6) is 0.789. The summed E-state index contributed by atoms with van der Waals surface area (Å²) in [5, 5.41) is 2.85. The number of para-hydroxylation sites is 1. The average Bonchev–Trinajstić information content (AvgIpc) is 2.66. The zero-order valence-electron chi connectivity index (χ0n) is 14.7. The second-order valence-electron chi connectivity index (χ2n) is 6.15. The van der Waals surface area contributed by atoms with E-state index >= 15 is 0 Å². The Hall–Kier alpha value is -2.50. The number of aromatic nitrogens is 2. The number of hydrogen-bond donors (Lipinski definition) is 1. The molecule has 25 heavy (non-hydrogen) atoms. The summed E-state index contributed by atoms with van der Waals surface area (Å²) >= 11 is 0. The normalized spacial score (nSPS) is 12.4. The maximum absolute atomic E-state index is 12.9. The monoisotopic (exact) mass is 338 g/mol. The van der Waals surface area contributed by atoms with E-state index in [4.69, 9.17) is 9.72 Å². The third-order valence-electron chi connectivity index (χ3n) is 4.37. The van der Waals surface area contributed by atoms with Gasteiger partial charge in [0.2, 0.25) is 0 Å². The molecule has 0 bridgehead atoms. The Bertz CT molecular complexity index is 890. The number of ether oxygens (including phenoxy) is 1. The molecule has 0 radical (unpaired) electrons. The smallest absolute Gasteiger partial charge is 0.261 e. The van der Waals surface area contributed by atoms with Crippen LogP contribution in [-0.4, -0.2) is 23.3 Å². The van der Waals surface area contributed by atoms with Gasteiger partial charge in [0.05, 0.1) is 24.1 Å². The maximum Gasteiger partial charge on any atom is 0.261 e. The number of benzene rings is 2. The second-order valence-corrected chi connectivity index (χ2v) is 6.15. The highest BCUT2D eigenvalue weighted by Crippen LogP contribution is 2.11. The standard InChI is InChI=1S/C20H23N3O2/c1-15(21-14-16-8-4-3-5-9-16)19-22-18-11-7-6-10-17(18)20(24)23(19)12-13-25-2/h3-11,15,21H,12-14H2,1-2H3/p+1/t15-/m1/s1. The van der Waals surface area contributed by atoms with Crippen molar-refractivity contribution in [3.63, 3.8) is 0 Å². The molecule has 3 aromatic rings. The first kappa shape index (κ1) is 17.3. The van der Waals surface area contributed by atoms with Gasteiger partial charge < -0.3 is 10.1 Å². The minimum atomic E-state index is -0.00221. The van der Waals surface area contributed by atoms with Crippen molar-refractivity contribution in [3.8, 4) is 0 Å². The van der Waals surface area contributed by atoms with Crippen LogP contribution in [0.4, 0.5) is 0 Å². The van der Waals surface area contributed by atoms with Gasteiger partial charge in [-0.1, -0.05) is 42.5 Å². The van der Waals surface area contributed by atoms with Crippen molar-refractivity contribution in [2.75, 3.05) is 13.7 Å². The van der Waals surface area contributed by atoms with E-state index in [1.807, 2.05) is 42.5 Å². The molecule has 0 aliphatic rings. The molecule has 1 heterocycles. The van der Waals surface area contributed by atoms with Gasteiger partial charge in [-0.15, -0.1) is 0 Å². The van der Waals surface area contributed by atoms with E-state index in [2.05, 4.69) is 24.4 Å².